The Morgan fingerprint density at radius 1 is 1.29 bits per heavy atom. The van der Waals surface area contributed by atoms with E-state index in [0.29, 0.717) is 12.3 Å². The highest BCUT2D eigenvalue weighted by molar-refractivity contribution is 5.94. The molecule has 2 aliphatic rings. The minimum Gasteiger partial charge on any atom is -0.478 e. The second kappa shape index (κ2) is 6.89. The van der Waals surface area contributed by atoms with Crippen molar-refractivity contribution in [3.8, 4) is 0 Å². The van der Waals surface area contributed by atoms with Crippen molar-refractivity contribution in [1.29, 1.82) is 0 Å². The van der Waals surface area contributed by atoms with E-state index in [1.807, 2.05) is 0 Å². The van der Waals surface area contributed by atoms with Gasteiger partial charge in [-0.25, -0.2) is 9.78 Å². The molecule has 2 heterocycles. The van der Waals surface area contributed by atoms with Gasteiger partial charge in [-0.2, -0.15) is 0 Å². The van der Waals surface area contributed by atoms with Gasteiger partial charge in [0, 0.05) is 12.6 Å². The van der Waals surface area contributed by atoms with Crippen LogP contribution in [-0.4, -0.2) is 40.2 Å². The molecular formula is C18H24N2O4. The monoisotopic (exact) mass is 332 g/mol. The van der Waals surface area contributed by atoms with Crippen molar-refractivity contribution in [2.75, 3.05) is 6.61 Å². The molecule has 130 valence electrons. The number of aromatic carboxylic acids is 1. The fraction of sp³-hybridized carbons (Fsp3) is 0.611. The van der Waals surface area contributed by atoms with E-state index in [9.17, 15) is 9.59 Å². The molecule has 1 aromatic rings. The highest BCUT2D eigenvalue weighted by atomic mass is 16.5. The molecule has 0 radical (unpaired) electrons. The van der Waals surface area contributed by atoms with Gasteiger partial charge in [-0.1, -0.05) is 19.3 Å². The molecule has 0 aromatic carbocycles. The first kappa shape index (κ1) is 16.9. The Hall–Kier alpha value is -1.95. The van der Waals surface area contributed by atoms with Crippen LogP contribution in [0.15, 0.2) is 12.1 Å². The quantitative estimate of drug-likeness (QED) is 0.888. The van der Waals surface area contributed by atoms with Crippen LogP contribution in [-0.2, 0) is 4.74 Å². The Labute approximate surface area is 141 Å². The van der Waals surface area contributed by atoms with Crippen LogP contribution >= 0.6 is 0 Å². The van der Waals surface area contributed by atoms with E-state index in [0.717, 1.165) is 25.7 Å². The molecule has 0 bridgehead atoms. The van der Waals surface area contributed by atoms with Crippen LogP contribution in [0.4, 0.5) is 0 Å². The molecule has 1 saturated heterocycles. The number of aromatic nitrogens is 1. The predicted molar refractivity (Wildman–Crippen MR) is 88.2 cm³/mol. The third kappa shape index (κ3) is 3.59. The molecule has 24 heavy (non-hydrogen) atoms. The first-order valence-corrected chi connectivity index (χ1v) is 8.65. The maximum Gasteiger partial charge on any atom is 0.337 e. The lowest BCUT2D eigenvalue weighted by molar-refractivity contribution is -0.108. The van der Waals surface area contributed by atoms with Crippen LogP contribution < -0.4 is 5.32 Å². The van der Waals surface area contributed by atoms with Gasteiger partial charge in [-0.15, -0.1) is 0 Å². The van der Waals surface area contributed by atoms with Crippen LogP contribution in [0.25, 0.3) is 0 Å². The number of ether oxygens (including phenoxy) is 1. The molecule has 3 rings (SSSR count). The number of carbonyl (C=O) groups is 2. The zero-order chi connectivity index (χ0) is 17.2. The normalized spacial score (nSPS) is 23.0. The summed E-state index contributed by atoms with van der Waals surface area (Å²) in [5.74, 6) is -1.27. The number of nitrogens with zero attached hydrogens (tertiary/aromatic N) is 1. The van der Waals surface area contributed by atoms with E-state index in [1.165, 1.54) is 31.4 Å². The number of hydrogen-bond donors (Lipinski definition) is 2. The lowest BCUT2D eigenvalue weighted by atomic mass is 9.78. The van der Waals surface area contributed by atoms with Crippen LogP contribution in [0, 0.1) is 6.92 Å². The number of carboxylic acids is 1. The fourth-order valence-corrected chi connectivity index (χ4v) is 3.87. The summed E-state index contributed by atoms with van der Waals surface area (Å²) in [7, 11) is 0. The zero-order valence-corrected chi connectivity index (χ0v) is 14.0. The van der Waals surface area contributed by atoms with Gasteiger partial charge >= 0.3 is 5.97 Å². The molecular weight excluding hydrogens is 308 g/mol. The van der Waals surface area contributed by atoms with Crippen molar-refractivity contribution in [2.24, 2.45) is 0 Å². The predicted octanol–water partition coefficient (Wildman–Crippen LogP) is 2.70. The molecule has 1 spiro atoms. The summed E-state index contributed by atoms with van der Waals surface area (Å²) in [6.07, 6.45) is 7.45. The SMILES string of the molecule is Cc1nc(C(=O)NC2CCOC3(CCCCC3)C2)ccc1C(=O)O. The van der Waals surface area contributed by atoms with E-state index in [4.69, 9.17) is 9.84 Å². The number of nitrogens with one attached hydrogen (secondary N) is 1. The molecule has 1 aliphatic heterocycles. The van der Waals surface area contributed by atoms with Gasteiger partial charge in [0.1, 0.15) is 5.69 Å². The first-order valence-electron chi connectivity index (χ1n) is 8.65. The summed E-state index contributed by atoms with van der Waals surface area (Å²) in [5.41, 5.74) is 0.677. The third-order valence-corrected chi connectivity index (χ3v) is 5.14. The van der Waals surface area contributed by atoms with Gasteiger partial charge in [-0.3, -0.25) is 4.79 Å². The molecule has 1 atom stereocenters. The third-order valence-electron chi connectivity index (χ3n) is 5.14. The van der Waals surface area contributed by atoms with Crippen molar-refractivity contribution < 1.29 is 19.4 Å². The Bertz CT molecular complexity index is 632. The van der Waals surface area contributed by atoms with E-state index >= 15 is 0 Å². The zero-order valence-electron chi connectivity index (χ0n) is 14.0. The van der Waals surface area contributed by atoms with E-state index in [2.05, 4.69) is 10.3 Å². The lowest BCUT2D eigenvalue weighted by Gasteiger charge is -2.43. The molecule has 1 aromatic heterocycles. The smallest absolute Gasteiger partial charge is 0.337 e. The maximum atomic E-state index is 12.5. The molecule has 6 nitrogen and oxygen atoms in total. The molecule has 2 N–H and O–H groups in total. The topological polar surface area (TPSA) is 88.5 Å². The number of rotatable bonds is 3. The van der Waals surface area contributed by atoms with Gasteiger partial charge in [0.05, 0.1) is 16.9 Å². The molecule has 1 unspecified atom stereocenters. The van der Waals surface area contributed by atoms with Gasteiger partial charge < -0.3 is 15.2 Å². The van der Waals surface area contributed by atoms with Crippen molar-refractivity contribution in [3.05, 3.63) is 29.1 Å². The van der Waals surface area contributed by atoms with Gasteiger partial charge in [0.15, 0.2) is 0 Å². The average molecular weight is 332 g/mol. The Morgan fingerprint density at radius 3 is 2.71 bits per heavy atom. The molecule has 6 heteroatoms. The number of aryl methyl sites for hydroxylation is 1. The summed E-state index contributed by atoms with van der Waals surface area (Å²) in [5, 5.41) is 12.1. The number of amides is 1. The van der Waals surface area contributed by atoms with Crippen LogP contribution in [0.1, 0.15) is 71.5 Å². The highest BCUT2D eigenvalue weighted by Crippen LogP contribution is 2.38. The Morgan fingerprint density at radius 2 is 2.04 bits per heavy atom. The molecule has 1 saturated carbocycles. The summed E-state index contributed by atoms with van der Waals surface area (Å²) in [6.45, 7) is 2.28. The number of carboxylic acid groups (broad SMARTS) is 1. The number of carbonyl (C=O) groups excluding carboxylic acids is 1. The second-order valence-corrected chi connectivity index (χ2v) is 6.89. The van der Waals surface area contributed by atoms with Crippen LogP contribution in [0.2, 0.25) is 0 Å². The minimum absolute atomic E-state index is 0.0645. The largest absolute Gasteiger partial charge is 0.478 e. The van der Waals surface area contributed by atoms with Crippen molar-refractivity contribution >= 4 is 11.9 Å². The summed E-state index contributed by atoms with van der Waals surface area (Å²) in [4.78, 5) is 27.6. The van der Waals surface area contributed by atoms with Crippen molar-refractivity contribution in [2.45, 2.75) is 63.5 Å². The maximum absolute atomic E-state index is 12.5. The molecule has 2 fully saturated rings. The fourth-order valence-electron chi connectivity index (χ4n) is 3.87. The molecule has 1 amide bonds. The Balaban J connectivity index is 1.66. The van der Waals surface area contributed by atoms with E-state index in [-0.39, 0.29) is 28.8 Å². The number of pyridine rings is 1. The highest BCUT2D eigenvalue weighted by Gasteiger charge is 2.39. The standard InChI is InChI=1S/C18H24N2O4/c1-12-14(17(22)23)5-6-15(19-12)16(21)20-13-7-10-24-18(11-13)8-3-2-4-9-18/h5-6,13H,2-4,7-11H2,1H3,(H,20,21)(H,22,23). The first-order chi connectivity index (χ1) is 11.5. The lowest BCUT2D eigenvalue weighted by Crippen LogP contribution is -2.49. The second-order valence-electron chi connectivity index (χ2n) is 6.89. The number of hydrogen-bond acceptors (Lipinski definition) is 4. The summed E-state index contributed by atoms with van der Waals surface area (Å²) < 4.78 is 6.05. The summed E-state index contributed by atoms with van der Waals surface area (Å²) >= 11 is 0. The summed E-state index contributed by atoms with van der Waals surface area (Å²) in [6, 6.07) is 3.00. The molecule has 1 aliphatic carbocycles. The van der Waals surface area contributed by atoms with Gasteiger partial charge in [0.25, 0.3) is 5.91 Å². The minimum atomic E-state index is -1.03. The van der Waals surface area contributed by atoms with Gasteiger partial charge in [-0.05, 0) is 44.7 Å². The van der Waals surface area contributed by atoms with Crippen LogP contribution in [0.3, 0.4) is 0 Å². The van der Waals surface area contributed by atoms with Crippen molar-refractivity contribution in [3.63, 3.8) is 0 Å². The van der Waals surface area contributed by atoms with Crippen molar-refractivity contribution in [1.82, 2.24) is 10.3 Å². The van der Waals surface area contributed by atoms with Crippen LogP contribution in [0.5, 0.6) is 0 Å². The average Bonchev–Trinajstić information content (AvgIpc) is 2.55. The Kier molecular flexibility index (Phi) is 4.85. The van der Waals surface area contributed by atoms with E-state index < -0.39 is 5.97 Å². The van der Waals surface area contributed by atoms with E-state index in [1.54, 1.807) is 6.92 Å². The van der Waals surface area contributed by atoms with Gasteiger partial charge in [0.2, 0.25) is 0 Å².